The van der Waals surface area contributed by atoms with E-state index in [2.05, 4.69) is 16.0 Å². The predicted octanol–water partition coefficient (Wildman–Crippen LogP) is 4.51. The van der Waals surface area contributed by atoms with Crippen LogP contribution < -0.4 is 0 Å². The van der Waals surface area contributed by atoms with Gasteiger partial charge in [-0.15, -0.1) is 11.3 Å². The summed E-state index contributed by atoms with van der Waals surface area (Å²) in [7, 11) is 0. The molecule has 0 spiro atoms. The average molecular weight is 335 g/mol. The van der Waals surface area contributed by atoms with Gasteiger partial charge >= 0.3 is 0 Å². The lowest BCUT2D eigenvalue weighted by molar-refractivity contribution is 0.476. The largest absolute Gasteiger partial charge is 0.508 e. The van der Waals surface area contributed by atoms with Gasteiger partial charge in [0.1, 0.15) is 10.9 Å². The van der Waals surface area contributed by atoms with E-state index in [9.17, 15) is 5.11 Å². The number of thioether (sulfide) groups is 1. The van der Waals surface area contributed by atoms with Gasteiger partial charge in [-0.2, -0.15) is 11.8 Å². The number of halogens is 1. The SMILES string of the molecule is Oc1ccc2nc(-c3cc4c(s3)CCSC4)nc(Cl)c2c1. The first kappa shape index (κ1) is 13.4. The molecule has 21 heavy (non-hydrogen) atoms. The minimum Gasteiger partial charge on any atom is -0.508 e. The van der Waals surface area contributed by atoms with Crippen molar-refractivity contribution in [3.8, 4) is 16.5 Å². The van der Waals surface area contributed by atoms with Crippen LogP contribution in [0.2, 0.25) is 5.15 Å². The highest BCUT2D eigenvalue weighted by Crippen LogP contribution is 2.37. The Balaban J connectivity index is 1.86. The Bertz CT molecular complexity index is 824. The van der Waals surface area contributed by atoms with Gasteiger partial charge in [-0.1, -0.05) is 11.6 Å². The maximum Gasteiger partial charge on any atom is 0.171 e. The number of rotatable bonds is 1. The van der Waals surface area contributed by atoms with Crippen LogP contribution in [0.4, 0.5) is 0 Å². The number of phenols is 1. The van der Waals surface area contributed by atoms with Gasteiger partial charge in [-0.25, -0.2) is 9.97 Å². The summed E-state index contributed by atoms with van der Waals surface area (Å²) >= 11 is 9.98. The smallest absolute Gasteiger partial charge is 0.171 e. The summed E-state index contributed by atoms with van der Waals surface area (Å²) in [5.74, 6) is 3.10. The lowest BCUT2D eigenvalue weighted by Crippen LogP contribution is -1.96. The number of hydrogen-bond acceptors (Lipinski definition) is 5. The molecule has 1 aliphatic rings. The second-order valence-electron chi connectivity index (χ2n) is 4.90. The number of hydrogen-bond donors (Lipinski definition) is 1. The number of benzene rings is 1. The molecule has 0 radical (unpaired) electrons. The molecule has 1 aromatic carbocycles. The van der Waals surface area contributed by atoms with E-state index in [0.717, 1.165) is 22.6 Å². The summed E-state index contributed by atoms with van der Waals surface area (Å²) in [6, 6.07) is 7.16. The van der Waals surface area contributed by atoms with E-state index >= 15 is 0 Å². The second-order valence-corrected chi connectivity index (χ2v) is 7.50. The van der Waals surface area contributed by atoms with Crippen LogP contribution in [0, 0.1) is 0 Å². The van der Waals surface area contributed by atoms with Crippen molar-refractivity contribution in [1.29, 1.82) is 0 Å². The summed E-state index contributed by atoms with van der Waals surface area (Å²) in [5.41, 5.74) is 2.15. The quantitative estimate of drug-likeness (QED) is 0.665. The molecule has 3 heterocycles. The molecule has 1 N–H and O–H groups in total. The molecule has 0 saturated heterocycles. The van der Waals surface area contributed by atoms with Gasteiger partial charge in [-0.05, 0) is 42.0 Å². The van der Waals surface area contributed by atoms with E-state index in [1.807, 2.05) is 11.8 Å². The van der Waals surface area contributed by atoms with Crippen LogP contribution in [0.15, 0.2) is 24.3 Å². The van der Waals surface area contributed by atoms with Crippen molar-refractivity contribution in [2.75, 3.05) is 5.75 Å². The molecule has 0 bridgehead atoms. The van der Waals surface area contributed by atoms with Crippen molar-refractivity contribution < 1.29 is 5.11 Å². The Hall–Kier alpha value is -1.30. The van der Waals surface area contributed by atoms with Crippen molar-refractivity contribution >= 4 is 45.6 Å². The third-order valence-electron chi connectivity index (χ3n) is 3.48. The minimum atomic E-state index is 0.171. The third kappa shape index (κ3) is 2.39. The second kappa shape index (κ2) is 5.16. The number of fused-ring (bicyclic) bond motifs is 2. The van der Waals surface area contributed by atoms with Crippen molar-refractivity contribution in [2.45, 2.75) is 12.2 Å². The molecule has 106 valence electrons. The van der Waals surface area contributed by atoms with Gasteiger partial charge < -0.3 is 5.11 Å². The average Bonchev–Trinajstić information content (AvgIpc) is 2.92. The van der Waals surface area contributed by atoms with Crippen LogP contribution in [0.1, 0.15) is 10.4 Å². The molecule has 4 rings (SSSR count). The van der Waals surface area contributed by atoms with Crippen molar-refractivity contribution in [2.24, 2.45) is 0 Å². The molecule has 6 heteroatoms. The summed E-state index contributed by atoms with van der Waals surface area (Å²) in [6.07, 6.45) is 1.12. The first-order valence-corrected chi connectivity index (χ1v) is 8.91. The fraction of sp³-hybridized carbons (Fsp3) is 0.200. The van der Waals surface area contributed by atoms with Gasteiger partial charge in [0.15, 0.2) is 5.82 Å². The van der Waals surface area contributed by atoms with E-state index in [0.29, 0.717) is 16.4 Å². The highest BCUT2D eigenvalue weighted by Gasteiger charge is 2.17. The molecule has 3 nitrogen and oxygen atoms in total. The molecule has 3 aromatic rings. The predicted molar refractivity (Wildman–Crippen MR) is 89.4 cm³/mol. The molecule has 0 fully saturated rings. The van der Waals surface area contributed by atoms with Crippen LogP contribution >= 0.6 is 34.7 Å². The van der Waals surface area contributed by atoms with Crippen molar-refractivity contribution in [1.82, 2.24) is 9.97 Å². The standard InChI is InChI=1S/C15H11ClN2OS2/c16-14-10-6-9(19)1-2-11(10)17-15(18-14)13-5-8-7-20-4-3-12(8)21-13/h1-2,5-6,19H,3-4,7H2. The van der Waals surface area contributed by atoms with Crippen LogP contribution in [-0.2, 0) is 12.2 Å². The van der Waals surface area contributed by atoms with Crippen LogP contribution in [0.5, 0.6) is 5.75 Å². The fourth-order valence-corrected chi connectivity index (χ4v) is 4.98. The van der Waals surface area contributed by atoms with Gasteiger partial charge in [0.2, 0.25) is 0 Å². The summed E-state index contributed by atoms with van der Waals surface area (Å²) in [4.78, 5) is 11.5. The first-order valence-electron chi connectivity index (χ1n) is 6.57. The highest BCUT2D eigenvalue weighted by molar-refractivity contribution is 7.98. The molecular formula is C15H11ClN2OS2. The van der Waals surface area contributed by atoms with Gasteiger partial charge in [0.05, 0.1) is 10.4 Å². The van der Waals surface area contributed by atoms with Crippen LogP contribution in [0.25, 0.3) is 21.6 Å². The van der Waals surface area contributed by atoms with Crippen molar-refractivity contribution in [3.63, 3.8) is 0 Å². The molecule has 0 aliphatic carbocycles. The van der Waals surface area contributed by atoms with Crippen molar-refractivity contribution in [3.05, 3.63) is 39.9 Å². The van der Waals surface area contributed by atoms with E-state index < -0.39 is 0 Å². The molecule has 1 aliphatic heterocycles. The summed E-state index contributed by atoms with van der Waals surface area (Å²) in [5, 5.41) is 10.6. The summed E-state index contributed by atoms with van der Waals surface area (Å²) < 4.78 is 0. The topological polar surface area (TPSA) is 46.0 Å². The zero-order chi connectivity index (χ0) is 14.4. The fourth-order valence-electron chi connectivity index (χ4n) is 2.45. The summed E-state index contributed by atoms with van der Waals surface area (Å²) in [6.45, 7) is 0. The van der Waals surface area contributed by atoms with E-state index in [-0.39, 0.29) is 5.75 Å². The highest BCUT2D eigenvalue weighted by atomic mass is 35.5. The Labute approximate surface area is 135 Å². The molecule has 0 saturated carbocycles. The lowest BCUT2D eigenvalue weighted by Gasteiger charge is -2.08. The van der Waals surface area contributed by atoms with E-state index in [1.165, 1.54) is 16.2 Å². The first-order chi connectivity index (χ1) is 10.2. The Morgan fingerprint density at radius 1 is 1.19 bits per heavy atom. The zero-order valence-corrected chi connectivity index (χ0v) is 13.4. The van der Waals surface area contributed by atoms with Gasteiger partial charge in [-0.3, -0.25) is 0 Å². The number of aromatic hydroxyl groups is 1. The zero-order valence-electron chi connectivity index (χ0n) is 11.0. The van der Waals surface area contributed by atoms with Gasteiger partial charge in [0, 0.05) is 16.0 Å². The maximum atomic E-state index is 9.54. The number of aromatic nitrogens is 2. The number of nitrogens with zero attached hydrogens (tertiary/aromatic N) is 2. The Morgan fingerprint density at radius 2 is 2.10 bits per heavy atom. The van der Waals surface area contributed by atoms with Crippen LogP contribution in [-0.4, -0.2) is 20.8 Å². The van der Waals surface area contributed by atoms with Crippen LogP contribution in [0.3, 0.4) is 0 Å². The maximum absolute atomic E-state index is 9.54. The Kier molecular flexibility index (Phi) is 3.28. The molecule has 0 unspecified atom stereocenters. The molecule has 2 aromatic heterocycles. The number of phenolic OH excluding ortho intramolecular Hbond substituents is 1. The Morgan fingerprint density at radius 3 is 2.95 bits per heavy atom. The monoisotopic (exact) mass is 334 g/mol. The minimum absolute atomic E-state index is 0.171. The van der Waals surface area contributed by atoms with Gasteiger partial charge in [0.25, 0.3) is 0 Å². The number of thiophene rings is 1. The molecular weight excluding hydrogens is 324 g/mol. The molecule has 0 atom stereocenters. The lowest BCUT2D eigenvalue weighted by atomic mass is 10.2. The number of aryl methyl sites for hydroxylation is 1. The third-order valence-corrected chi connectivity index (χ3v) is 6.01. The molecule has 0 amide bonds. The van der Waals surface area contributed by atoms with E-state index in [4.69, 9.17) is 11.6 Å². The van der Waals surface area contributed by atoms with E-state index in [1.54, 1.807) is 29.5 Å². The normalized spacial score (nSPS) is 14.3.